The molecule has 0 bridgehead atoms. The van der Waals surface area contributed by atoms with E-state index in [1.54, 1.807) is 0 Å². The van der Waals surface area contributed by atoms with Crippen molar-refractivity contribution in [1.29, 1.82) is 0 Å². The first-order chi connectivity index (χ1) is 10.2. The molecule has 0 amide bonds. The number of esters is 1. The summed E-state index contributed by atoms with van der Waals surface area (Å²) in [7, 11) is 1.40. The van der Waals surface area contributed by atoms with Crippen molar-refractivity contribution >= 4 is 28.7 Å². The van der Waals surface area contributed by atoms with Gasteiger partial charge in [-0.2, -0.15) is 8.75 Å². The van der Waals surface area contributed by atoms with Gasteiger partial charge in [-0.25, -0.2) is 4.79 Å². The van der Waals surface area contributed by atoms with Crippen LogP contribution in [0.1, 0.15) is 35.7 Å². The second kappa shape index (κ2) is 6.07. The quantitative estimate of drug-likeness (QED) is 0.816. The summed E-state index contributed by atoms with van der Waals surface area (Å²) in [5.74, 6) is 0.394. The predicted octanol–water partition coefficient (Wildman–Crippen LogP) is 2.71. The van der Waals surface area contributed by atoms with Crippen molar-refractivity contribution in [3.05, 3.63) is 23.3 Å². The molecule has 1 aliphatic rings. The molecule has 1 aliphatic heterocycles. The summed E-state index contributed by atoms with van der Waals surface area (Å²) in [6.07, 6.45) is 2.55. The summed E-state index contributed by atoms with van der Waals surface area (Å²) in [5, 5.41) is 0. The molecule has 0 aliphatic carbocycles. The lowest BCUT2D eigenvalue weighted by atomic mass is 9.99. The highest BCUT2D eigenvalue weighted by atomic mass is 32.1. The molecular formula is C15H19N3O2S. The number of aromatic nitrogens is 2. The lowest BCUT2D eigenvalue weighted by Crippen LogP contribution is -2.33. The zero-order chi connectivity index (χ0) is 14.8. The molecule has 5 nitrogen and oxygen atoms in total. The molecule has 2 heterocycles. The molecule has 1 fully saturated rings. The van der Waals surface area contributed by atoms with E-state index in [1.165, 1.54) is 20.0 Å². The highest BCUT2D eigenvalue weighted by Gasteiger charge is 2.19. The van der Waals surface area contributed by atoms with Gasteiger partial charge in [0.25, 0.3) is 0 Å². The monoisotopic (exact) mass is 305 g/mol. The number of fused-ring (bicyclic) bond motifs is 1. The summed E-state index contributed by atoms with van der Waals surface area (Å²) in [6.45, 7) is 5.37. The van der Waals surface area contributed by atoms with Crippen LogP contribution in [0.3, 0.4) is 0 Å². The number of carbonyl (C=O) groups excluding carboxylic acids is 1. The molecule has 6 heteroatoms. The van der Waals surface area contributed by atoms with Crippen LogP contribution in [0.2, 0.25) is 0 Å². The van der Waals surface area contributed by atoms with Gasteiger partial charge < -0.3 is 4.74 Å². The fourth-order valence-corrected chi connectivity index (χ4v) is 3.53. The lowest BCUT2D eigenvalue weighted by molar-refractivity contribution is 0.0602. The van der Waals surface area contributed by atoms with Gasteiger partial charge in [-0.1, -0.05) is 6.92 Å². The first-order valence-corrected chi connectivity index (χ1v) is 7.96. The number of methoxy groups -OCH3 is 1. The van der Waals surface area contributed by atoms with Crippen molar-refractivity contribution in [3.63, 3.8) is 0 Å². The van der Waals surface area contributed by atoms with Crippen molar-refractivity contribution < 1.29 is 9.53 Å². The van der Waals surface area contributed by atoms with E-state index in [1.807, 2.05) is 12.1 Å². The number of ether oxygens (including phenoxy) is 1. The number of carbonyl (C=O) groups is 1. The maximum Gasteiger partial charge on any atom is 0.340 e. The Morgan fingerprint density at radius 3 is 3.10 bits per heavy atom. The van der Waals surface area contributed by atoms with E-state index in [-0.39, 0.29) is 5.97 Å². The highest BCUT2D eigenvalue weighted by molar-refractivity contribution is 7.00. The van der Waals surface area contributed by atoms with Gasteiger partial charge >= 0.3 is 5.97 Å². The van der Waals surface area contributed by atoms with Gasteiger partial charge in [0.05, 0.1) is 24.4 Å². The zero-order valence-electron chi connectivity index (χ0n) is 12.3. The van der Waals surface area contributed by atoms with Gasteiger partial charge in [0.15, 0.2) is 0 Å². The Labute approximate surface area is 128 Å². The maximum absolute atomic E-state index is 11.9. The van der Waals surface area contributed by atoms with E-state index in [0.717, 1.165) is 48.4 Å². The van der Waals surface area contributed by atoms with Crippen LogP contribution in [-0.4, -0.2) is 39.8 Å². The van der Waals surface area contributed by atoms with Crippen LogP contribution in [0.5, 0.6) is 0 Å². The summed E-state index contributed by atoms with van der Waals surface area (Å²) < 4.78 is 13.3. The zero-order valence-corrected chi connectivity index (χ0v) is 13.2. The molecule has 0 saturated carbocycles. The van der Waals surface area contributed by atoms with E-state index in [9.17, 15) is 4.79 Å². The second-order valence-electron chi connectivity index (χ2n) is 5.75. The van der Waals surface area contributed by atoms with Crippen molar-refractivity contribution in [2.24, 2.45) is 5.92 Å². The van der Waals surface area contributed by atoms with Crippen molar-refractivity contribution in [2.75, 3.05) is 20.2 Å². The van der Waals surface area contributed by atoms with Gasteiger partial charge in [-0.05, 0) is 43.0 Å². The highest BCUT2D eigenvalue weighted by Crippen LogP contribution is 2.23. The number of hydrogen-bond donors (Lipinski definition) is 0. The summed E-state index contributed by atoms with van der Waals surface area (Å²) >= 11 is 1.13. The van der Waals surface area contributed by atoms with Gasteiger partial charge in [0, 0.05) is 13.1 Å². The fourth-order valence-electron chi connectivity index (χ4n) is 2.99. The van der Waals surface area contributed by atoms with Gasteiger partial charge in [0.2, 0.25) is 0 Å². The number of nitrogens with zero attached hydrogens (tertiary/aromatic N) is 3. The molecular weight excluding hydrogens is 286 g/mol. The van der Waals surface area contributed by atoms with E-state index in [2.05, 4.69) is 20.6 Å². The second-order valence-corrected chi connectivity index (χ2v) is 6.28. The molecule has 1 aromatic heterocycles. The molecule has 112 valence electrons. The predicted molar refractivity (Wildman–Crippen MR) is 82.4 cm³/mol. The molecule has 0 N–H and O–H groups in total. The number of benzene rings is 1. The lowest BCUT2D eigenvalue weighted by Gasteiger charge is -2.30. The van der Waals surface area contributed by atoms with Crippen LogP contribution < -0.4 is 0 Å². The van der Waals surface area contributed by atoms with Crippen molar-refractivity contribution in [2.45, 2.75) is 26.3 Å². The van der Waals surface area contributed by atoms with Crippen LogP contribution in [0, 0.1) is 5.92 Å². The third-order valence-corrected chi connectivity index (χ3v) is 4.52. The minimum absolute atomic E-state index is 0.346. The Bertz CT molecular complexity index is 655. The fraction of sp³-hybridized carbons (Fsp3) is 0.533. The third kappa shape index (κ3) is 3.06. The Morgan fingerprint density at radius 1 is 1.48 bits per heavy atom. The first kappa shape index (κ1) is 14.4. The van der Waals surface area contributed by atoms with Crippen LogP contribution in [0.25, 0.3) is 11.0 Å². The average molecular weight is 305 g/mol. The smallest absolute Gasteiger partial charge is 0.340 e. The molecule has 1 aromatic carbocycles. The van der Waals surface area contributed by atoms with Crippen LogP contribution >= 0.6 is 11.7 Å². The summed E-state index contributed by atoms with van der Waals surface area (Å²) in [6, 6.07) is 3.93. The van der Waals surface area contributed by atoms with Gasteiger partial charge in [-0.3, -0.25) is 4.90 Å². The Kier molecular flexibility index (Phi) is 4.17. The van der Waals surface area contributed by atoms with Crippen LogP contribution in [0.4, 0.5) is 0 Å². The SMILES string of the molecule is COC(=O)c1cc(CN2CCC[C@H](C)C2)cc2nsnc12. The largest absolute Gasteiger partial charge is 0.465 e. The van der Waals surface area contributed by atoms with E-state index in [0.29, 0.717) is 11.1 Å². The number of hydrogen-bond acceptors (Lipinski definition) is 6. The molecule has 2 aromatic rings. The first-order valence-electron chi connectivity index (χ1n) is 7.23. The molecule has 1 atom stereocenters. The number of rotatable bonds is 3. The third-order valence-electron chi connectivity index (χ3n) is 3.97. The molecule has 0 spiro atoms. The summed E-state index contributed by atoms with van der Waals surface area (Å²) in [4.78, 5) is 14.4. The summed E-state index contributed by atoms with van der Waals surface area (Å²) in [5.41, 5.74) is 3.04. The average Bonchev–Trinajstić information content (AvgIpc) is 2.94. The van der Waals surface area contributed by atoms with Crippen LogP contribution in [-0.2, 0) is 11.3 Å². The normalized spacial score (nSPS) is 19.8. The van der Waals surface area contributed by atoms with E-state index >= 15 is 0 Å². The molecule has 21 heavy (non-hydrogen) atoms. The standard InChI is InChI=1S/C15H19N3O2S/c1-10-4-3-5-18(8-10)9-11-6-12(15(19)20-2)14-13(7-11)16-21-17-14/h6-7,10H,3-5,8-9H2,1-2H3/t10-/m0/s1. The van der Waals surface area contributed by atoms with Gasteiger partial charge in [-0.15, -0.1) is 0 Å². The van der Waals surface area contributed by atoms with Crippen molar-refractivity contribution in [3.8, 4) is 0 Å². The van der Waals surface area contributed by atoms with Crippen LogP contribution in [0.15, 0.2) is 12.1 Å². The molecule has 1 saturated heterocycles. The molecule has 0 radical (unpaired) electrons. The molecule has 3 rings (SSSR count). The van der Waals surface area contributed by atoms with E-state index < -0.39 is 0 Å². The Balaban J connectivity index is 1.89. The topological polar surface area (TPSA) is 55.3 Å². The minimum Gasteiger partial charge on any atom is -0.465 e. The Hall–Kier alpha value is -1.53. The van der Waals surface area contributed by atoms with Gasteiger partial charge in [0.1, 0.15) is 11.0 Å². The van der Waals surface area contributed by atoms with Crippen molar-refractivity contribution in [1.82, 2.24) is 13.6 Å². The maximum atomic E-state index is 11.9. The Morgan fingerprint density at radius 2 is 2.33 bits per heavy atom. The minimum atomic E-state index is -0.346. The number of piperidine rings is 1. The van der Waals surface area contributed by atoms with E-state index in [4.69, 9.17) is 4.74 Å². The number of likely N-dealkylation sites (tertiary alicyclic amines) is 1. The molecule has 0 unspecified atom stereocenters.